The Kier molecular flexibility index (Phi) is 9.52. The van der Waals surface area contributed by atoms with E-state index >= 15 is 0 Å². The van der Waals surface area contributed by atoms with Crippen LogP contribution in [0.1, 0.15) is 130 Å². The van der Waals surface area contributed by atoms with Crippen LogP contribution in [0.25, 0.3) is 32.3 Å². The van der Waals surface area contributed by atoms with Crippen LogP contribution in [-0.4, -0.2) is 6.71 Å². The third-order valence-corrected chi connectivity index (χ3v) is 16.5. The Bertz CT molecular complexity index is 3300. The van der Waals surface area contributed by atoms with Crippen molar-refractivity contribution in [1.29, 1.82) is 0 Å². The highest BCUT2D eigenvalue weighted by molar-refractivity contribution is 7.33. The normalized spacial score (nSPS) is 15.0. The number of thiophene rings is 1. The van der Waals surface area contributed by atoms with Crippen molar-refractivity contribution < 1.29 is 0 Å². The fourth-order valence-electron chi connectivity index (χ4n) is 11.3. The molecule has 0 N–H and O–H groups in total. The summed E-state index contributed by atoms with van der Waals surface area (Å²) in [7, 11) is 0. The minimum atomic E-state index is -0.0855. The van der Waals surface area contributed by atoms with E-state index in [0.717, 1.165) is 0 Å². The van der Waals surface area contributed by atoms with Crippen LogP contribution in [-0.2, 0) is 27.1 Å². The average Bonchev–Trinajstić information content (AvgIpc) is 3.75. The first-order valence-electron chi connectivity index (χ1n) is 24.5. The van der Waals surface area contributed by atoms with Crippen LogP contribution in [0.4, 0.5) is 34.1 Å². The molecule has 0 unspecified atom stereocenters. The van der Waals surface area contributed by atoms with Crippen molar-refractivity contribution in [3.63, 3.8) is 0 Å². The second-order valence-corrected chi connectivity index (χ2v) is 25.4. The summed E-state index contributed by atoms with van der Waals surface area (Å²) in [5, 5.41) is 1.33. The molecule has 0 atom stereocenters. The molecule has 67 heavy (non-hydrogen) atoms. The Labute approximate surface area is 404 Å². The summed E-state index contributed by atoms with van der Waals surface area (Å²) in [6.45, 7) is 32.7. The van der Waals surface area contributed by atoms with Crippen molar-refractivity contribution in [2.75, 3.05) is 9.80 Å². The van der Waals surface area contributed by atoms with Crippen LogP contribution in [0.2, 0.25) is 0 Å². The molecule has 4 heteroatoms. The second kappa shape index (κ2) is 14.6. The van der Waals surface area contributed by atoms with Gasteiger partial charge in [-0.05, 0) is 137 Å². The van der Waals surface area contributed by atoms with E-state index < -0.39 is 0 Å². The molecule has 3 heterocycles. The zero-order chi connectivity index (χ0) is 47.3. The van der Waals surface area contributed by atoms with Gasteiger partial charge in [-0.15, -0.1) is 11.3 Å². The molecule has 0 saturated heterocycles. The fraction of sp³-hybridized carbons (Fsp3) is 0.302. The van der Waals surface area contributed by atoms with Crippen LogP contribution in [0, 0.1) is 0 Å². The lowest BCUT2D eigenvalue weighted by Crippen LogP contribution is -2.60. The van der Waals surface area contributed by atoms with Crippen LogP contribution >= 0.6 is 11.3 Å². The Morgan fingerprint density at radius 2 is 1.01 bits per heavy atom. The van der Waals surface area contributed by atoms with Gasteiger partial charge in [0, 0.05) is 48.6 Å². The molecule has 0 spiro atoms. The maximum Gasteiger partial charge on any atom is 0.264 e. The average molecular weight is 893 g/mol. The standard InChI is InChI=1S/C63H65BN2S/c1-59(2,3)39-24-22-38(23-25-39)45-34-41(61(7,8)9)29-33-51(45)66-53-21-17-20-52-56(53)64(50-32-28-42(35-54(50)66)62(10,11)12)58-57(65(52)43-30-26-40(27-31-43)60(4,5)6)47-36-46-44-18-15-16-19-48(44)63(13,14)49(46)37-55(47)67-58/h15-37H,1-14H3. The van der Waals surface area contributed by atoms with Gasteiger partial charge in [0.1, 0.15) is 0 Å². The lowest BCUT2D eigenvalue weighted by Gasteiger charge is -2.44. The first-order chi connectivity index (χ1) is 31.5. The molecule has 11 rings (SSSR count). The largest absolute Gasteiger partial charge is 0.311 e. The molecule has 7 aromatic carbocycles. The number of benzene rings is 7. The topological polar surface area (TPSA) is 6.48 Å². The SMILES string of the molecule is CC(C)(C)c1ccc(-c2cc(C(C)(C)C)ccc2N2c3cc(C(C)(C)C)ccc3B3c4sc5cc6c(cc5c4N(c4ccc(C(C)(C)C)cc4)c4cccc2c43)-c2ccccc2C6(C)C)cc1. The number of fused-ring (bicyclic) bond motifs is 9. The number of anilines is 6. The molecule has 8 aromatic rings. The monoisotopic (exact) mass is 892 g/mol. The molecule has 1 aromatic heterocycles. The van der Waals surface area contributed by atoms with E-state index in [1.807, 2.05) is 11.3 Å². The third kappa shape index (κ3) is 6.79. The molecule has 3 aliphatic rings. The third-order valence-electron chi connectivity index (χ3n) is 15.3. The molecular formula is C63H65BN2S. The Morgan fingerprint density at radius 1 is 0.448 bits per heavy atom. The van der Waals surface area contributed by atoms with Gasteiger partial charge in [0.05, 0.1) is 11.4 Å². The number of nitrogens with zero attached hydrogens (tertiary/aromatic N) is 2. The fourth-order valence-corrected chi connectivity index (χ4v) is 12.6. The van der Waals surface area contributed by atoms with Gasteiger partial charge in [-0.2, -0.15) is 0 Å². The van der Waals surface area contributed by atoms with E-state index in [2.05, 4.69) is 246 Å². The van der Waals surface area contributed by atoms with Gasteiger partial charge in [0.15, 0.2) is 0 Å². The lowest BCUT2D eigenvalue weighted by molar-refractivity contribution is 0.589. The van der Waals surface area contributed by atoms with Crippen molar-refractivity contribution in [1.82, 2.24) is 0 Å². The van der Waals surface area contributed by atoms with Gasteiger partial charge < -0.3 is 9.80 Å². The van der Waals surface area contributed by atoms with E-state index in [4.69, 9.17) is 0 Å². The summed E-state index contributed by atoms with van der Waals surface area (Å²) in [4.78, 5) is 5.25. The maximum absolute atomic E-state index is 2.63. The van der Waals surface area contributed by atoms with Crippen molar-refractivity contribution in [2.24, 2.45) is 0 Å². The lowest BCUT2D eigenvalue weighted by atomic mass is 9.36. The first-order valence-corrected chi connectivity index (χ1v) is 25.3. The second-order valence-electron chi connectivity index (χ2n) is 24.3. The highest BCUT2D eigenvalue weighted by Gasteiger charge is 2.46. The summed E-state index contributed by atoms with van der Waals surface area (Å²) in [6, 6.07) is 54.8. The minimum absolute atomic E-state index is 0.0209. The van der Waals surface area contributed by atoms with E-state index in [-0.39, 0.29) is 33.8 Å². The van der Waals surface area contributed by atoms with Crippen molar-refractivity contribution in [2.45, 2.75) is 124 Å². The van der Waals surface area contributed by atoms with Gasteiger partial charge in [-0.25, -0.2) is 0 Å². The van der Waals surface area contributed by atoms with Crippen LogP contribution in [0.5, 0.6) is 0 Å². The summed E-state index contributed by atoms with van der Waals surface area (Å²) < 4.78 is 2.76. The molecule has 2 nitrogen and oxygen atoms in total. The molecule has 1 aliphatic carbocycles. The minimum Gasteiger partial charge on any atom is -0.311 e. The molecule has 0 fully saturated rings. The van der Waals surface area contributed by atoms with Crippen LogP contribution < -0.4 is 25.5 Å². The van der Waals surface area contributed by atoms with Crippen molar-refractivity contribution in [3.8, 4) is 22.3 Å². The Balaban J connectivity index is 1.22. The van der Waals surface area contributed by atoms with Gasteiger partial charge in [0.2, 0.25) is 0 Å². The molecule has 0 amide bonds. The van der Waals surface area contributed by atoms with E-state index in [9.17, 15) is 0 Å². The Hall–Kier alpha value is -5.84. The smallest absolute Gasteiger partial charge is 0.264 e. The van der Waals surface area contributed by atoms with Crippen molar-refractivity contribution >= 4 is 78.0 Å². The predicted molar refractivity (Wildman–Crippen MR) is 294 cm³/mol. The van der Waals surface area contributed by atoms with Gasteiger partial charge in [-0.3, -0.25) is 0 Å². The number of hydrogen-bond acceptors (Lipinski definition) is 3. The highest BCUT2D eigenvalue weighted by Crippen LogP contribution is 2.54. The highest BCUT2D eigenvalue weighted by atomic mass is 32.1. The first kappa shape index (κ1) is 43.7. The number of hydrogen-bond donors (Lipinski definition) is 0. The number of rotatable bonds is 3. The van der Waals surface area contributed by atoms with Gasteiger partial charge in [0.25, 0.3) is 6.71 Å². The van der Waals surface area contributed by atoms with E-state index in [0.29, 0.717) is 0 Å². The molecule has 2 aliphatic heterocycles. The molecular weight excluding hydrogens is 828 g/mol. The molecule has 0 radical (unpaired) electrons. The summed E-state index contributed by atoms with van der Waals surface area (Å²) in [5.74, 6) is 0. The Morgan fingerprint density at radius 3 is 1.66 bits per heavy atom. The van der Waals surface area contributed by atoms with E-state index in [1.54, 1.807) is 0 Å². The van der Waals surface area contributed by atoms with Gasteiger partial charge in [-0.1, -0.05) is 182 Å². The van der Waals surface area contributed by atoms with Crippen LogP contribution in [0.15, 0.2) is 140 Å². The summed E-state index contributed by atoms with van der Waals surface area (Å²) in [5.41, 5.74) is 23.5. The zero-order valence-corrected chi connectivity index (χ0v) is 43.0. The van der Waals surface area contributed by atoms with Crippen LogP contribution in [0.3, 0.4) is 0 Å². The predicted octanol–water partition coefficient (Wildman–Crippen LogP) is 16.1. The summed E-state index contributed by atoms with van der Waals surface area (Å²) >= 11 is 2.01. The summed E-state index contributed by atoms with van der Waals surface area (Å²) in [6.07, 6.45) is 0. The molecule has 0 bridgehead atoms. The zero-order valence-electron chi connectivity index (χ0n) is 42.2. The van der Waals surface area contributed by atoms with Gasteiger partial charge >= 0.3 is 0 Å². The quantitative estimate of drug-likeness (QED) is 0.163. The van der Waals surface area contributed by atoms with Crippen molar-refractivity contribution in [3.05, 3.63) is 173 Å². The molecule has 0 saturated carbocycles. The van der Waals surface area contributed by atoms with E-state index in [1.165, 1.54) is 116 Å². The molecule has 336 valence electrons. The maximum atomic E-state index is 2.63.